The number of hydrogen-bond acceptors (Lipinski definition) is 3. The number of carbonyl (C=O) groups is 1. The molecule has 0 aromatic carbocycles. The third-order valence-corrected chi connectivity index (χ3v) is 3.11. The largest absolute Gasteiger partial charge is 0.341 e. The molecule has 0 aromatic rings. The zero-order valence-electron chi connectivity index (χ0n) is 12.8. The van der Waals surface area contributed by atoms with Crippen LogP contribution in [-0.2, 0) is 4.79 Å². The molecule has 0 heterocycles. The Morgan fingerprint density at radius 2 is 1.78 bits per heavy atom. The Kier molecular flexibility index (Phi) is 9.98. The predicted molar refractivity (Wildman–Crippen MR) is 77.7 cm³/mol. The molecular weight excluding hydrogens is 226 g/mol. The molecule has 0 bridgehead atoms. The van der Waals surface area contributed by atoms with Gasteiger partial charge in [0.15, 0.2) is 0 Å². The lowest BCUT2D eigenvalue weighted by atomic mass is 10.2. The standard InChI is InChI=1S/C14H31N3O/c1-6-16(7-2)10-11-17(12-13(3)4)14(18)8-9-15-5/h13,15H,6-12H2,1-5H3. The lowest BCUT2D eigenvalue weighted by Gasteiger charge is -2.28. The van der Waals surface area contributed by atoms with Crippen LogP contribution in [0.2, 0.25) is 0 Å². The lowest BCUT2D eigenvalue weighted by molar-refractivity contribution is -0.131. The SMILES string of the molecule is CCN(CC)CCN(CC(C)C)C(=O)CCNC. The van der Waals surface area contributed by atoms with Gasteiger partial charge < -0.3 is 15.1 Å². The molecule has 1 N–H and O–H groups in total. The first-order chi connectivity index (χ1) is 8.54. The van der Waals surface area contributed by atoms with Gasteiger partial charge in [-0.05, 0) is 26.1 Å². The van der Waals surface area contributed by atoms with Crippen LogP contribution >= 0.6 is 0 Å². The number of rotatable bonds is 10. The molecule has 0 spiro atoms. The van der Waals surface area contributed by atoms with Crippen LogP contribution in [0.3, 0.4) is 0 Å². The van der Waals surface area contributed by atoms with Gasteiger partial charge in [-0.15, -0.1) is 0 Å². The summed E-state index contributed by atoms with van der Waals surface area (Å²) in [6, 6.07) is 0. The van der Waals surface area contributed by atoms with Gasteiger partial charge in [-0.1, -0.05) is 27.7 Å². The summed E-state index contributed by atoms with van der Waals surface area (Å²) in [7, 11) is 1.88. The molecule has 0 saturated carbocycles. The van der Waals surface area contributed by atoms with E-state index in [1.54, 1.807) is 0 Å². The second-order valence-electron chi connectivity index (χ2n) is 5.11. The van der Waals surface area contributed by atoms with Crippen LogP contribution in [0.4, 0.5) is 0 Å². The fourth-order valence-corrected chi connectivity index (χ4v) is 1.95. The van der Waals surface area contributed by atoms with Crippen LogP contribution in [0.15, 0.2) is 0 Å². The van der Waals surface area contributed by atoms with E-state index < -0.39 is 0 Å². The van der Waals surface area contributed by atoms with Crippen LogP contribution < -0.4 is 5.32 Å². The van der Waals surface area contributed by atoms with Gasteiger partial charge >= 0.3 is 0 Å². The second kappa shape index (κ2) is 10.3. The van der Waals surface area contributed by atoms with Crippen molar-refractivity contribution in [3.05, 3.63) is 0 Å². The van der Waals surface area contributed by atoms with Crippen molar-refractivity contribution >= 4 is 5.91 Å². The summed E-state index contributed by atoms with van der Waals surface area (Å²) in [5.41, 5.74) is 0. The monoisotopic (exact) mass is 257 g/mol. The fraction of sp³-hybridized carbons (Fsp3) is 0.929. The van der Waals surface area contributed by atoms with Crippen molar-refractivity contribution in [3.8, 4) is 0 Å². The average Bonchev–Trinajstić information content (AvgIpc) is 2.35. The highest BCUT2D eigenvalue weighted by atomic mass is 16.2. The Labute approximate surface area is 113 Å². The van der Waals surface area contributed by atoms with Gasteiger partial charge in [0.25, 0.3) is 0 Å². The van der Waals surface area contributed by atoms with E-state index in [0.717, 1.165) is 39.3 Å². The minimum atomic E-state index is 0.269. The highest BCUT2D eigenvalue weighted by molar-refractivity contribution is 5.76. The van der Waals surface area contributed by atoms with Crippen LogP contribution in [-0.4, -0.2) is 62.0 Å². The van der Waals surface area contributed by atoms with Crippen molar-refractivity contribution < 1.29 is 4.79 Å². The van der Waals surface area contributed by atoms with Gasteiger partial charge in [-0.3, -0.25) is 4.79 Å². The van der Waals surface area contributed by atoms with E-state index in [-0.39, 0.29) is 5.91 Å². The van der Waals surface area contributed by atoms with Crippen molar-refractivity contribution in [1.29, 1.82) is 0 Å². The number of nitrogens with one attached hydrogen (secondary N) is 1. The molecule has 18 heavy (non-hydrogen) atoms. The van der Waals surface area contributed by atoms with E-state index in [0.29, 0.717) is 12.3 Å². The molecule has 0 radical (unpaired) electrons. The maximum atomic E-state index is 12.1. The molecule has 0 saturated heterocycles. The highest BCUT2D eigenvalue weighted by Crippen LogP contribution is 2.02. The molecule has 0 rings (SSSR count). The third kappa shape index (κ3) is 7.67. The van der Waals surface area contributed by atoms with E-state index >= 15 is 0 Å². The molecule has 4 nitrogen and oxygen atoms in total. The molecule has 0 unspecified atom stereocenters. The van der Waals surface area contributed by atoms with Crippen LogP contribution in [0.1, 0.15) is 34.1 Å². The number of amides is 1. The maximum absolute atomic E-state index is 12.1. The molecule has 1 amide bonds. The van der Waals surface area contributed by atoms with Gasteiger partial charge in [-0.2, -0.15) is 0 Å². The van der Waals surface area contributed by atoms with E-state index in [1.807, 2.05) is 11.9 Å². The van der Waals surface area contributed by atoms with Crippen molar-refractivity contribution in [2.45, 2.75) is 34.1 Å². The summed E-state index contributed by atoms with van der Waals surface area (Å²) in [5, 5.41) is 3.04. The first-order valence-electron chi connectivity index (χ1n) is 7.19. The maximum Gasteiger partial charge on any atom is 0.223 e. The smallest absolute Gasteiger partial charge is 0.223 e. The number of carbonyl (C=O) groups excluding carboxylic acids is 1. The van der Waals surface area contributed by atoms with Gasteiger partial charge in [-0.25, -0.2) is 0 Å². The number of hydrogen-bond donors (Lipinski definition) is 1. The highest BCUT2D eigenvalue weighted by Gasteiger charge is 2.15. The third-order valence-electron chi connectivity index (χ3n) is 3.11. The summed E-state index contributed by atoms with van der Waals surface area (Å²) >= 11 is 0. The minimum Gasteiger partial charge on any atom is -0.341 e. The summed E-state index contributed by atoms with van der Waals surface area (Å²) in [4.78, 5) is 16.5. The lowest BCUT2D eigenvalue weighted by Crippen LogP contribution is -2.41. The van der Waals surface area contributed by atoms with Crippen molar-refractivity contribution in [2.24, 2.45) is 5.92 Å². The Balaban J connectivity index is 4.25. The quantitative estimate of drug-likeness (QED) is 0.643. The van der Waals surface area contributed by atoms with Crippen LogP contribution in [0.25, 0.3) is 0 Å². The van der Waals surface area contributed by atoms with E-state index in [9.17, 15) is 4.79 Å². The van der Waals surface area contributed by atoms with Crippen molar-refractivity contribution in [1.82, 2.24) is 15.1 Å². The van der Waals surface area contributed by atoms with E-state index in [4.69, 9.17) is 0 Å². The molecule has 0 fully saturated rings. The fourth-order valence-electron chi connectivity index (χ4n) is 1.95. The molecule has 4 heteroatoms. The number of nitrogens with zero attached hydrogens (tertiary/aromatic N) is 2. The van der Waals surface area contributed by atoms with E-state index in [2.05, 4.69) is 37.9 Å². The zero-order chi connectivity index (χ0) is 14.0. The Hall–Kier alpha value is -0.610. The second-order valence-corrected chi connectivity index (χ2v) is 5.11. The van der Waals surface area contributed by atoms with E-state index in [1.165, 1.54) is 0 Å². The summed E-state index contributed by atoms with van der Waals surface area (Å²) in [5.74, 6) is 0.797. The molecule has 108 valence electrons. The Morgan fingerprint density at radius 1 is 1.17 bits per heavy atom. The molecule has 0 aliphatic rings. The number of likely N-dealkylation sites (N-methyl/N-ethyl adjacent to an activating group) is 1. The molecular formula is C14H31N3O. The normalized spacial score (nSPS) is 11.3. The van der Waals surface area contributed by atoms with Gasteiger partial charge in [0.05, 0.1) is 0 Å². The Morgan fingerprint density at radius 3 is 2.22 bits per heavy atom. The van der Waals surface area contributed by atoms with Gasteiger partial charge in [0.1, 0.15) is 0 Å². The van der Waals surface area contributed by atoms with Crippen LogP contribution in [0.5, 0.6) is 0 Å². The molecule has 0 aromatic heterocycles. The summed E-state index contributed by atoms with van der Waals surface area (Å²) in [6.07, 6.45) is 0.599. The van der Waals surface area contributed by atoms with Crippen molar-refractivity contribution in [2.75, 3.05) is 46.3 Å². The molecule has 0 atom stereocenters. The van der Waals surface area contributed by atoms with Gasteiger partial charge in [0, 0.05) is 32.6 Å². The summed E-state index contributed by atoms with van der Waals surface area (Å²) in [6.45, 7) is 14.2. The average molecular weight is 257 g/mol. The van der Waals surface area contributed by atoms with Crippen molar-refractivity contribution in [3.63, 3.8) is 0 Å². The molecule has 0 aliphatic carbocycles. The summed E-state index contributed by atoms with van der Waals surface area (Å²) < 4.78 is 0. The first-order valence-corrected chi connectivity index (χ1v) is 7.19. The first kappa shape index (κ1) is 17.4. The van der Waals surface area contributed by atoms with Crippen LogP contribution in [0, 0.1) is 5.92 Å². The zero-order valence-corrected chi connectivity index (χ0v) is 12.8. The van der Waals surface area contributed by atoms with Gasteiger partial charge in [0.2, 0.25) is 5.91 Å². The predicted octanol–water partition coefficient (Wildman–Crippen LogP) is 1.42. The topological polar surface area (TPSA) is 35.6 Å². The Bertz CT molecular complexity index is 215. The molecule has 0 aliphatic heterocycles. The minimum absolute atomic E-state index is 0.269.